The van der Waals surface area contributed by atoms with Gasteiger partial charge in [0.25, 0.3) is 0 Å². The quantitative estimate of drug-likeness (QED) is 0.667. The molecule has 0 saturated carbocycles. The van der Waals surface area contributed by atoms with E-state index in [0.717, 1.165) is 21.0 Å². The first-order valence-electron chi connectivity index (χ1n) is 6.58. The second-order valence-electron chi connectivity index (χ2n) is 5.51. The Balaban J connectivity index is 2.36. The van der Waals surface area contributed by atoms with Crippen molar-refractivity contribution in [3.05, 3.63) is 46.0 Å². The SMILES string of the molecule is C=C(C)Cc1[pH]c(CC(=C)C)c2c1CCCC2. The van der Waals surface area contributed by atoms with Gasteiger partial charge >= 0.3 is 0 Å². The van der Waals surface area contributed by atoms with E-state index in [-0.39, 0.29) is 0 Å². The highest BCUT2D eigenvalue weighted by molar-refractivity contribution is 7.32. The molecule has 0 fully saturated rings. The molecule has 0 atom stereocenters. The molecule has 0 aliphatic heterocycles. The van der Waals surface area contributed by atoms with E-state index in [9.17, 15) is 0 Å². The topological polar surface area (TPSA) is 0 Å². The summed E-state index contributed by atoms with van der Waals surface area (Å²) in [6.07, 6.45) is 7.62. The maximum Gasteiger partial charge on any atom is -0.00345 e. The largest absolute Gasteiger partial charge is 0.132 e. The van der Waals surface area contributed by atoms with Gasteiger partial charge in [-0.1, -0.05) is 24.3 Å². The molecule has 1 heteroatoms. The smallest absolute Gasteiger partial charge is 0.00345 e. The Kier molecular flexibility index (Phi) is 3.94. The number of allylic oxidation sites excluding steroid dienone is 2. The van der Waals surface area contributed by atoms with Crippen molar-refractivity contribution in [3.8, 4) is 0 Å². The summed E-state index contributed by atoms with van der Waals surface area (Å²) >= 11 is 0. The third kappa shape index (κ3) is 2.93. The molecule has 1 aromatic rings. The third-order valence-electron chi connectivity index (χ3n) is 3.46. The molecule has 2 rings (SSSR count). The summed E-state index contributed by atoms with van der Waals surface area (Å²) in [6, 6.07) is 0. The maximum atomic E-state index is 4.08. The highest BCUT2D eigenvalue weighted by Gasteiger charge is 2.19. The van der Waals surface area contributed by atoms with Crippen molar-refractivity contribution in [1.82, 2.24) is 0 Å². The Bertz CT molecular complexity index is 408. The minimum Gasteiger partial charge on any atom is -0.132 e. The van der Waals surface area contributed by atoms with Crippen molar-refractivity contribution in [2.24, 2.45) is 0 Å². The average Bonchev–Trinajstić information content (AvgIpc) is 2.56. The van der Waals surface area contributed by atoms with Gasteiger partial charge in [0, 0.05) is 0 Å². The molecule has 0 saturated heterocycles. The monoisotopic (exact) mass is 246 g/mol. The van der Waals surface area contributed by atoms with Crippen LogP contribution in [0.2, 0.25) is 0 Å². The van der Waals surface area contributed by atoms with E-state index in [1.54, 1.807) is 21.7 Å². The van der Waals surface area contributed by atoms with Crippen LogP contribution in [0.3, 0.4) is 0 Å². The zero-order valence-electron chi connectivity index (χ0n) is 11.2. The molecule has 0 unspecified atom stereocenters. The van der Waals surface area contributed by atoms with Crippen LogP contribution in [-0.2, 0) is 25.7 Å². The van der Waals surface area contributed by atoms with Crippen LogP contribution in [0.25, 0.3) is 0 Å². The molecule has 1 aliphatic carbocycles. The number of hydrogen-bond donors (Lipinski definition) is 0. The summed E-state index contributed by atoms with van der Waals surface area (Å²) in [4.78, 5) is 0. The Hall–Kier alpha value is -0.740. The number of hydrogen-bond acceptors (Lipinski definition) is 0. The molecule has 0 nitrogen and oxygen atoms in total. The van der Waals surface area contributed by atoms with Gasteiger partial charge in [-0.25, -0.2) is 0 Å². The van der Waals surface area contributed by atoms with Crippen LogP contribution in [0.15, 0.2) is 24.3 Å². The summed E-state index contributed by atoms with van der Waals surface area (Å²) in [5, 5.41) is 3.37. The maximum absolute atomic E-state index is 4.08. The minimum absolute atomic E-state index is 0.928. The lowest BCUT2D eigenvalue weighted by atomic mass is 9.90. The lowest BCUT2D eigenvalue weighted by Gasteiger charge is -2.15. The van der Waals surface area contributed by atoms with Crippen LogP contribution in [0.5, 0.6) is 0 Å². The van der Waals surface area contributed by atoms with Gasteiger partial charge in [-0.05, 0) is 74.1 Å². The standard InChI is InChI=1S/C16H23P/c1-11(2)9-15-13-7-5-6-8-14(13)16(17-15)10-12(3)4/h17H,1,3,5-10H2,2,4H3. The molecule has 0 amide bonds. The Morgan fingerprint density at radius 1 is 0.941 bits per heavy atom. The number of fused-ring (bicyclic) bond motifs is 1. The van der Waals surface area contributed by atoms with Crippen molar-refractivity contribution in [2.75, 3.05) is 0 Å². The van der Waals surface area contributed by atoms with Gasteiger partial charge in [-0.2, -0.15) is 0 Å². The van der Waals surface area contributed by atoms with E-state index in [4.69, 9.17) is 0 Å². The summed E-state index contributed by atoms with van der Waals surface area (Å²) < 4.78 is 0. The van der Waals surface area contributed by atoms with E-state index in [2.05, 4.69) is 27.0 Å². The minimum atomic E-state index is 0.928. The van der Waals surface area contributed by atoms with Crippen molar-refractivity contribution in [2.45, 2.75) is 52.4 Å². The van der Waals surface area contributed by atoms with E-state index in [0.29, 0.717) is 0 Å². The number of rotatable bonds is 4. The first kappa shape index (κ1) is 12.7. The molecular weight excluding hydrogens is 223 g/mol. The Morgan fingerprint density at radius 2 is 1.35 bits per heavy atom. The third-order valence-corrected chi connectivity index (χ3v) is 5.02. The Labute approximate surface area is 107 Å². The van der Waals surface area contributed by atoms with Gasteiger partial charge in [0.15, 0.2) is 0 Å². The molecular formula is C16H23P. The van der Waals surface area contributed by atoms with Crippen molar-refractivity contribution >= 4 is 8.19 Å². The van der Waals surface area contributed by atoms with Crippen LogP contribution in [0.1, 0.15) is 48.4 Å². The van der Waals surface area contributed by atoms with Gasteiger partial charge in [0.05, 0.1) is 0 Å². The van der Waals surface area contributed by atoms with E-state index in [1.807, 2.05) is 0 Å². The van der Waals surface area contributed by atoms with E-state index >= 15 is 0 Å². The molecule has 1 aliphatic rings. The first-order chi connectivity index (χ1) is 8.08. The van der Waals surface area contributed by atoms with Gasteiger partial charge in [-0.3, -0.25) is 0 Å². The summed E-state index contributed by atoms with van der Waals surface area (Å²) in [6.45, 7) is 12.5. The van der Waals surface area contributed by atoms with Gasteiger partial charge in [0.2, 0.25) is 0 Å². The molecule has 0 bridgehead atoms. The molecule has 1 heterocycles. The van der Waals surface area contributed by atoms with Crippen molar-refractivity contribution < 1.29 is 0 Å². The molecule has 92 valence electrons. The van der Waals surface area contributed by atoms with Gasteiger partial charge in [0.1, 0.15) is 0 Å². The predicted octanol–water partition coefficient (Wildman–Crippen LogP) is 4.83. The van der Waals surface area contributed by atoms with Crippen LogP contribution < -0.4 is 0 Å². The fraction of sp³-hybridized carbons (Fsp3) is 0.500. The van der Waals surface area contributed by atoms with E-state index < -0.39 is 0 Å². The summed E-state index contributed by atoms with van der Waals surface area (Å²) in [7, 11) is 0.928. The fourth-order valence-corrected chi connectivity index (χ4v) is 4.81. The Morgan fingerprint density at radius 3 is 1.71 bits per heavy atom. The summed E-state index contributed by atoms with van der Waals surface area (Å²) in [5.74, 6) is 0. The molecule has 0 spiro atoms. The molecule has 17 heavy (non-hydrogen) atoms. The van der Waals surface area contributed by atoms with Crippen LogP contribution in [0, 0.1) is 0 Å². The van der Waals surface area contributed by atoms with Crippen molar-refractivity contribution in [1.29, 1.82) is 0 Å². The van der Waals surface area contributed by atoms with Gasteiger partial charge in [-0.15, -0.1) is 8.19 Å². The second kappa shape index (κ2) is 5.27. The molecule has 0 aromatic carbocycles. The van der Waals surface area contributed by atoms with E-state index in [1.165, 1.54) is 36.8 Å². The fourth-order valence-electron chi connectivity index (χ4n) is 2.81. The molecule has 0 N–H and O–H groups in total. The highest BCUT2D eigenvalue weighted by Crippen LogP contribution is 2.39. The average molecular weight is 246 g/mol. The van der Waals surface area contributed by atoms with Crippen LogP contribution in [-0.4, -0.2) is 0 Å². The highest BCUT2D eigenvalue weighted by atomic mass is 31.0. The van der Waals surface area contributed by atoms with Crippen molar-refractivity contribution in [3.63, 3.8) is 0 Å². The zero-order chi connectivity index (χ0) is 12.4. The second-order valence-corrected chi connectivity index (χ2v) is 6.97. The first-order valence-corrected chi connectivity index (χ1v) is 7.58. The summed E-state index contributed by atoms with van der Waals surface area (Å²) in [5.41, 5.74) is 6.02. The lowest BCUT2D eigenvalue weighted by Crippen LogP contribution is -2.03. The van der Waals surface area contributed by atoms with Crippen LogP contribution in [0.4, 0.5) is 0 Å². The van der Waals surface area contributed by atoms with Crippen LogP contribution >= 0.6 is 8.19 Å². The normalized spacial score (nSPS) is 14.5. The zero-order valence-corrected chi connectivity index (χ0v) is 12.2. The molecule has 0 radical (unpaired) electrons. The lowest BCUT2D eigenvalue weighted by molar-refractivity contribution is 0.682. The predicted molar refractivity (Wildman–Crippen MR) is 79.6 cm³/mol. The molecule has 1 aromatic heterocycles. The van der Waals surface area contributed by atoms with Gasteiger partial charge < -0.3 is 0 Å².